The third-order valence-electron chi connectivity index (χ3n) is 2.63. The van der Waals surface area contributed by atoms with Gasteiger partial charge in [0.25, 0.3) is 5.91 Å². The molecule has 110 valence electrons. The number of nitrogens with one attached hydrogen (secondary N) is 1. The van der Waals surface area contributed by atoms with Crippen molar-refractivity contribution in [1.29, 1.82) is 0 Å². The van der Waals surface area contributed by atoms with Crippen molar-refractivity contribution in [3.8, 4) is 11.5 Å². The highest BCUT2D eigenvalue weighted by Crippen LogP contribution is 2.24. The Bertz CT molecular complexity index is 645. The molecule has 2 rings (SSSR count). The third-order valence-corrected chi connectivity index (χ3v) is 2.63. The first-order valence-electron chi connectivity index (χ1n) is 5.90. The minimum atomic E-state index is -2.92. The highest BCUT2D eigenvalue weighted by molar-refractivity contribution is 6.05. The second-order valence-corrected chi connectivity index (χ2v) is 4.13. The summed E-state index contributed by atoms with van der Waals surface area (Å²) in [5.41, 5.74) is 6.45. The summed E-state index contributed by atoms with van der Waals surface area (Å²) in [5, 5.41) is 11.8. The number of rotatable bonds is 4. The highest BCUT2D eigenvalue weighted by atomic mass is 19.3. The third kappa shape index (κ3) is 3.82. The molecule has 2 aromatic rings. The van der Waals surface area contributed by atoms with Gasteiger partial charge < -0.3 is 20.9 Å². The van der Waals surface area contributed by atoms with Crippen LogP contribution in [-0.4, -0.2) is 17.6 Å². The Labute approximate surface area is 119 Å². The van der Waals surface area contributed by atoms with Gasteiger partial charge in [0.05, 0.1) is 11.4 Å². The van der Waals surface area contributed by atoms with Crippen LogP contribution in [-0.2, 0) is 0 Å². The summed E-state index contributed by atoms with van der Waals surface area (Å²) in [6.07, 6.45) is 0. The zero-order chi connectivity index (χ0) is 15.4. The maximum absolute atomic E-state index is 12.0. The van der Waals surface area contributed by atoms with Crippen LogP contribution in [0.5, 0.6) is 11.5 Å². The van der Waals surface area contributed by atoms with Crippen LogP contribution < -0.4 is 15.8 Å². The molecule has 0 saturated carbocycles. The molecule has 7 heteroatoms. The number of hydrogen-bond donors (Lipinski definition) is 3. The molecule has 1 amide bonds. The zero-order valence-corrected chi connectivity index (χ0v) is 10.7. The van der Waals surface area contributed by atoms with Crippen molar-refractivity contribution in [2.75, 3.05) is 11.1 Å². The van der Waals surface area contributed by atoms with Gasteiger partial charge in [-0.25, -0.2) is 0 Å². The molecule has 0 spiro atoms. The second-order valence-electron chi connectivity index (χ2n) is 4.13. The van der Waals surface area contributed by atoms with E-state index in [1.165, 1.54) is 42.5 Å². The summed E-state index contributed by atoms with van der Waals surface area (Å²) in [7, 11) is 0. The number of phenols is 1. The van der Waals surface area contributed by atoms with E-state index in [9.17, 15) is 18.7 Å². The molecule has 0 bridgehead atoms. The minimum absolute atomic E-state index is 0.0148. The molecule has 0 aliphatic carbocycles. The van der Waals surface area contributed by atoms with Crippen molar-refractivity contribution >= 4 is 17.3 Å². The van der Waals surface area contributed by atoms with Crippen LogP contribution >= 0.6 is 0 Å². The molecule has 0 atom stereocenters. The Hall–Kier alpha value is -2.83. The van der Waals surface area contributed by atoms with Crippen molar-refractivity contribution in [2.24, 2.45) is 0 Å². The van der Waals surface area contributed by atoms with Gasteiger partial charge in [0.1, 0.15) is 11.5 Å². The van der Waals surface area contributed by atoms with Gasteiger partial charge in [-0.15, -0.1) is 0 Å². The molecular formula is C14H12F2N2O3. The highest BCUT2D eigenvalue weighted by Gasteiger charge is 2.10. The predicted molar refractivity (Wildman–Crippen MR) is 73.5 cm³/mol. The molecule has 0 fully saturated rings. The van der Waals surface area contributed by atoms with Crippen molar-refractivity contribution < 1.29 is 23.4 Å². The number of aromatic hydroxyl groups is 1. The number of carbonyl (C=O) groups excluding carboxylic acids is 1. The lowest BCUT2D eigenvalue weighted by Crippen LogP contribution is -2.13. The van der Waals surface area contributed by atoms with E-state index in [0.717, 1.165) is 0 Å². The number of anilines is 2. The van der Waals surface area contributed by atoms with Crippen LogP contribution in [0.15, 0.2) is 42.5 Å². The molecule has 0 aliphatic rings. The van der Waals surface area contributed by atoms with Gasteiger partial charge in [-0.05, 0) is 36.4 Å². The Morgan fingerprint density at radius 1 is 1.19 bits per heavy atom. The van der Waals surface area contributed by atoms with Crippen LogP contribution in [0.3, 0.4) is 0 Å². The van der Waals surface area contributed by atoms with Gasteiger partial charge in [0, 0.05) is 11.6 Å². The lowest BCUT2D eigenvalue weighted by Gasteiger charge is -2.09. The van der Waals surface area contributed by atoms with Crippen molar-refractivity contribution in [2.45, 2.75) is 6.61 Å². The van der Waals surface area contributed by atoms with E-state index >= 15 is 0 Å². The number of nitrogens with two attached hydrogens (primary N) is 1. The Morgan fingerprint density at radius 3 is 2.43 bits per heavy atom. The van der Waals surface area contributed by atoms with E-state index in [1.54, 1.807) is 0 Å². The monoisotopic (exact) mass is 294 g/mol. The fourth-order valence-electron chi connectivity index (χ4n) is 1.65. The minimum Gasteiger partial charge on any atom is -0.508 e. The number of alkyl halides is 2. The molecule has 0 saturated heterocycles. The molecular weight excluding hydrogens is 282 g/mol. The fourth-order valence-corrected chi connectivity index (χ4v) is 1.65. The average molecular weight is 294 g/mol. The summed E-state index contributed by atoms with van der Waals surface area (Å²) in [5.74, 6) is -0.513. The van der Waals surface area contributed by atoms with E-state index in [0.29, 0.717) is 5.69 Å². The number of phenolic OH excluding ortho intramolecular Hbond substituents is 1. The lowest BCUT2D eigenvalue weighted by molar-refractivity contribution is -0.0498. The van der Waals surface area contributed by atoms with Gasteiger partial charge in [-0.3, -0.25) is 4.79 Å². The number of nitrogen functional groups attached to an aromatic ring is 1. The number of halogens is 2. The quantitative estimate of drug-likeness (QED) is 0.598. The Morgan fingerprint density at radius 2 is 1.86 bits per heavy atom. The topological polar surface area (TPSA) is 84.6 Å². The van der Waals surface area contributed by atoms with E-state index in [-0.39, 0.29) is 22.7 Å². The van der Waals surface area contributed by atoms with Crippen molar-refractivity contribution in [3.63, 3.8) is 0 Å². The van der Waals surface area contributed by atoms with E-state index in [2.05, 4.69) is 10.1 Å². The van der Waals surface area contributed by atoms with Gasteiger partial charge in [-0.2, -0.15) is 8.78 Å². The number of carbonyl (C=O) groups is 1. The molecule has 0 radical (unpaired) electrons. The summed E-state index contributed by atoms with van der Waals surface area (Å²) in [6, 6.07) is 9.37. The molecule has 0 unspecified atom stereocenters. The van der Waals surface area contributed by atoms with Crippen molar-refractivity contribution in [1.82, 2.24) is 0 Å². The van der Waals surface area contributed by atoms with Crippen LogP contribution in [0.2, 0.25) is 0 Å². The van der Waals surface area contributed by atoms with Crippen molar-refractivity contribution in [3.05, 3.63) is 48.0 Å². The smallest absolute Gasteiger partial charge is 0.387 e. The van der Waals surface area contributed by atoms with Crippen LogP contribution in [0.1, 0.15) is 10.4 Å². The molecule has 2 aromatic carbocycles. The van der Waals surface area contributed by atoms with Gasteiger partial charge in [0.15, 0.2) is 0 Å². The van der Waals surface area contributed by atoms with Crippen LogP contribution in [0, 0.1) is 0 Å². The van der Waals surface area contributed by atoms with Gasteiger partial charge in [0.2, 0.25) is 0 Å². The summed E-state index contributed by atoms with van der Waals surface area (Å²) in [6.45, 7) is -2.92. The average Bonchev–Trinajstić information content (AvgIpc) is 2.42. The first-order chi connectivity index (χ1) is 9.95. The first-order valence-corrected chi connectivity index (χ1v) is 5.90. The van der Waals surface area contributed by atoms with Crippen LogP contribution in [0.25, 0.3) is 0 Å². The standard InChI is InChI=1S/C14H12F2N2O3/c15-14(16)21-10-4-1-8(2-5-10)13(20)18-12-6-3-9(19)7-11(12)17/h1-7,14,19H,17H2,(H,18,20). The second kappa shape index (κ2) is 6.08. The van der Waals surface area contributed by atoms with Gasteiger partial charge >= 0.3 is 6.61 Å². The Balaban J connectivity index is 2.09. The largest absolute Gasteiger partial charge is 0.508 e. The first kappa shape index (κ1) is 14.6. The number of ether oxygens (including phenoxy) is 1. The van der Waals surface area contributed by atoms with Gasteiger partial charge in [-0.1, -0.05) is 0 Å². The lowest BCUT2D eigenvalue weighted by atomic mass is 10.2. The fraction of sp³-hybridized carbons (Fsp3) is 0.0714. The maximum Gasteiger partial charge on any atom is 0.387 e. The molecule has 21 heavy (non-hydrogen) atoms. The van der Waals surface area contributed by atoms with E-state index in [4.69, 9.17) is 5.73 Å². The molecule has 0 aromatic heterocycles. The summed E-state index contributed by atoms with van der Waals surface area (Å²) in [4.78, 5) is 12.0. The summed E-state index contributed by atoms with van der Waals surface area (Å²) >= 11 is 0. The zero-order valence-electron chi connectivity index (χ0n) is 10.7. The number of benzene rings is 2. The number of hydrogen-bond acceptors (Lipinski definition) is 4. The Kier molecular flexibility index (Phi) is 4.22. The van der Waals surface area contributed by atoms with E-state index in [1.807, 2.05) is 0 Å². The molecule has 0 heterocycles. The molecule has 0 aliphatic heterocycles. The normalized spacial score (nSPS) is 10.4. The maximum atomic E-state index is 12.0. The van der Waals surface area contributed by atoms with Crippen LogP contribution in [0.4, 0.5) is 20.2 Å². The predicted octanol–water partition coefficient (Wildman–Crippen LogP) is 2.83. The SMILES string of the molecule is Nc1cc(O)ccc1NC(=O)c1ccc(OC(F)F)cc1. The molecule has 5 nitrogen and oxygen atoms in total. The summed E-state index contributed by atoms with van der Waals surface area (Å²) < 4.78 is 28.2. The van der Waals surface area contributed by atoms with E-state index < -0.39 is 12.5 Å². The number of amides is 1. The molecule has 4 N–H and O–H groups in total.